The smallest absolute Gasteiger partial charge is 0.274 e. The van der Waals surface area contributed by atoms with E-state index in [0.717, 1.165) is 75.0 Å². The zero-order chi connectivity index (χ0) is 24.5. The van der Waals surface area contributed by atoms with Crippen molar-refractivity contribution in [3.05, 3.63) is 47.4 Å². The molecule has 4 rings (SSSR count). The number of anilines is 2. The topological polar surface area (TPSA) is 81.6 Å². The molecule has 2 N–H and O–H groups in total. The van der Waals surface area contributed by atoms with E-state index in [0.29, 0.717) is 5.69 Å². The van der Waals surface area contributed by atoms with Crippen LogP contribution < -0.4 is 10.2 Å². The summed E-state index contributed by atoms with van der Waals surface area (Å²) >= 11 is 0. The van der Waals surface area contributed by atoms with Crippen molar-refractivity contribution in [1.82, 2.24) is 14.9 Å². The summed E-state index contributed by atoms with van der Waals surface area (Å²) in [5, 5.41) is 12.7. The Bertz CT molecular complexity index is 923. The van der Waals surface area contributed by atoms with Gasteiger partial charge in [0.15, 0.2) is 0 Å². The molecule has 1 saturated heterocycles. The Morgan fingerprint density at radius 3 is 2.53 bits per heavy atom. The quantitative estimate of drug-likeness (QED) is 0.559. The van der Waals surface area contributed by atoms with Crippen molar-refractivity contribution >= 4 is 17.4 Å². The first-order chi connectivity index (χ1) is 16.5. The van der Waals surface area contributed by atoms with Crippen LogP contribution in [0, 0.1) is 12.8 Å². The Morgan fingerprint density at radius 2 is 1.88 bits per heavy atom. The number of aliphatic hydroxyl groups is 1. The second-order valence-electron chi connectivity index (χ2n) is 9.26. The summed E-state index contributed by atoms with van der Waals surface area (Å²) in [5.41, 5.74) is 3.44. The summed E-state index contributed by atoms with van der Waals surface area (Å²) in [7, 11) is 0. The second kappa shape index (κ2) is 12.8. The van der Waals surface area contributed by atoms with Crippen molar-refractivity contribution in [3.8, 4) is 0 Å². The first-order valence-electron chi connectivity index (χ1n) is 12.9. The molecule has 1 aromatic heterocycles. The fourth-order valence-electron chi connectivity index (χ4n) is 4.31. The zero-order valence-electron chi connectivity index (χ0n) is 21.3. The average Bonchev–Trinajstić information content (AvgIpc) is 3.67. The third kappa shape index (κ3) is 7.50. The van der Waals surface area contributed by atoms with Crippen LogP contribution in [-0.2, 0) is 6.54 Å². The molecule has 1 aliphatic carbocycles. The van der Waals surface area contributed by atoms with Crippen LogP contribution in [0.15, 0.2) is 30.6 Å². The zero-order valence-corrected chi connectivity index (χ0v) is 21.3. The minimum absolute atomic E-state index is 0.157. The molecule has 7 nitrogen and oxygen atoms in total. The summed E-state index contributed by atoms with van der Waals surface area (Å²) in [4.78, 5) is 26.2. The van der Waals surface area contributed by atoms with E-state index >= 15 is 0 Å². The van der Waals surface area contributed by atoms with Gasteiger partial charge in [0.2, 0.25) is 0 Å². The summed E-state index contributed by atoms with van der Waals surface area (Å²) in [6.45, 7) is 12.8. The van der Waals surface area contributed by atoms with Crippen LogP contribution >= 0.6 is 0 Å². The Balaban J connectivity index is 0.00000158. The number of benzene rings is 1. The highest BCUT2D eigenvalue weighted by Gasteiger charge is 2.25. The van der Waals surface area contributed by atoms with Gasteiger partial charge in [0.05, 0.1) is 6.10 Å². The molecular formula is C27H41N5O2. The molecule has 186 valence electrons. The van der Waals surface area contributed by atoms with Crippen LogP contribution in [0.4, 0.5) is 11.5 Å². The van der Waals surface area contributed by atoms with E-state index in [9.17, 15) is 9.90 Å². The van der Waals surface area contributed by atoms with Crippen molar-refractivity contribution in [2.45, 2.75) is 72.4 Å². The molecule has 34 heavy (non-hydrogen) atoms. The van der Waals surface area contributed by atoms with Gasteiger partial charge >= 0.3 is 0 Å². The molecule has 0 unspecified atom stereocenters. The Labute approximate surface area is 204 Å². The van der Waals surface area contributed by atoms with Crippen molar-refractivity contribution < 1.29 is 9.90 Å². The fourth-order valence-corrected chi connectivity index (χ4v) is 4.31. The van der Waals surface area contributed by atoms with Crippen LogP contribution in [0.3, 0.4) is 0 Å². The van der Waals surface area contributed by atoms with Crippen molar-refractivity contribution in [2.75, 3.05) is 36.4 Å². The number of likely N-dealkylation sites (tertiary alicyclic amines) is 1. The molecule has 0 spiro atoms. The number of piperidine rings is 1. The number of rotatable bonds is 9. The van der Waals surface area contributed by atoms with E-state index in [1.54, 1.807) is 0 Å². The molecule has 1 aliphatic heterocycles. The van der Waals surface area contributed by atoms with Gasteiger partial charge in [-0.25, -0.2) is 9.97 Å². The summed E-state index contributed by atoms with van der Waals surface area (Å²) in [5.74, 6) is 1.37. The van der Waals surface area contributed by atoms with Gasteiger partial charge in [-0.15, -0.1) is 0 Å². The number of carbonyl (C=O) groups excluding carboxylic acids is 1. The van der Waals surface area contributed by atoms with Crippen LogP contribution in [-0.4, -0.2) is 58.2 Å². The van der Waals surface area contributed by atoms with Crippen LogP contribution in [0.1, 0.15) is 74.5 Å². The molecular weight excluding hydrogens is 426 g/mol. The summed E-state index contributed by atoms with van der Waals surface area (Å²) in [6, 6.07) is 7.98. The van der Waals surface area contributed by atoms with E-state index in [1.165, 1.54) is 24.7 Å². The van der Waals surface area contributed by atoms with Gasteiger partial charge in [-0.3, -0.25) is 9.69 Å². The maximum Gasteiger partial charge on any atom is 0.274 e. The molecule has 1 saturated carbocycles. The minimum Gasteiger partial charge on any atom is -0.393 e. The molecule has 0 bridgehead atoms. The standard InChI is InChI=1S/C25H35N5O2.C2H6/c1-3-10-30(16-19-4-5-19)24-14-23(26-17-27-24)25(32)28-22-7-6-20(13-18(22)2)15-29-11-8-21(31)9-12-29;1-2/h6-7,13-14,17,19,21,31H,3-5,8-12,15-16H2,1-2H3,(H,28,32);1-2H3. The molecule has 7 heteroatoms. The van der Waals surface area contributed by atoms with Gasteiger partial charge in [-0.2, -0.15) is 0 Å². The Morgan fingerprint density at radius 1 is 1.15 bits per heavy atom. The second-order valence-corrected chi connectivity index (χ2v) is 9.26. The lowest BCUT2D eigenvalue weighted by Gasteiger charge is -2.29. The molecule has 0 radical (unpaired) electrons. The van der Waals surface area contributed by atoms with Gasteiger partial charge in [-0.05, 0) is 62.1 Å². The first kappa shape index (κ1) is 26.1. The average molecular weight is 468 g/mol. The number of nitrogens with zero attached hydrogens (tertiary/aromatic N) is 4. The third-order valence-corrected chi connectivity index (χ3v) is 6.38. The van der Waals surface area contributed by atoms with Crippen molar-refractivity contribution in [3.63, 3.8) is 0 Å². The molecule has 1 amide bonds. The van der Waals surface area contributed by atoms with Crippen molar-refractivity contribution in [2.24, 2.45) is 5.92 Å². The number of hydrogen-bond donors (Lipinski definition) is 2. The number of aliphatic hydroxyl groups excluding tert-OH is 1. The lowest BCUT2D eigenvalue weighted by molar-refractivity contribution is 0.0792. The fraction of sp³-hybridized carbons (Fsp3) is 0.593. The molecule has 1 aromatic carbocycles. The number of aryl methyl sites for hydroxylation is 1. The van der Waals surface area contributed by atoms with Crippen molar-refractivity contribution in [1.29, 1.82) is 0 Å². The van der Waals surface area contributed by atoms with E-state index in [2.05, 4.69) is 44.1 Å². The maximum atomic E-state index is 12.9. The lowest BCUT2D eigenvalue weighted by Crippen LogP contribution is -2.35. The third-order valence-electron chi connectivity index (χ3n) is 6.38. The van der Waals surface area contributed by atoms with Crippen LogP contribution in [0.5, 0.6) is 0 Å². The predicted octanol–water partition coefficient (Wildman–Crippen LogP) is 4.65. The van der Waals surface area contributed by atoms with E-state index in [-0.39, 0.29) is 12.0 Å². The summed E-state index contributed by atoms with van der Waals surface area (Å²) < 4.78 is 0. The van der Waals surface area contributed by atoms with Gasteiger partial charge in [0, 0.05) is 44.5 Å². The Hall–Kier alpha value is -2.51. The van der Waals surface area contributed by atoms with Gasteiger partial charge < -0.3 is 15.3 Å². The normalized spacial score (nSPS) is 16.5. The largest absolute Gasteiger partial charge is 0.393 e. The number of carbonyl (C=O) groups is 1. The van der Waals surface area contributed by atoms with Crippen LogP contribution in [0.25, 0.3) is 0 Å². The van der Waals surface area contributed by atoms with Gasteiger partial charge in [0.25, 0.3) is 5.91 Å². The molecule has 2 fully saturated rings. The monoisotopic (exact) mass is 467 g/mol. The maximum absolute atomic E-state index is 12.9. The highest BCUT2D eigenvalue weighted by molar-refractivity contribution is 6.03. The van der Waals surface area contributed by atoms with Crippen LogP contribution in [0.2, 0.25) is 0 Å². The Kier molecular flexibility index (Phi) is 9.84. The lowest BCUT2D eigenvalue weighted by atomic mass is 10.1. The van der Waals surface area contributed by atoms with E-state index in [1.807, 2.05) is 32.9 Å². The summed E-state index contributed by atoms with van der Waals surface area (Å²) in [6.07, 6.45) is 6.62. The first-order valence-corrected chi connectivity index (χ1v) is 12.9. The van der Waals surface area contributed by atoms with E-state index < -0.39 is 0 Å². The highest BCUT2D eigenvalue weighted by atomic mass is 16.3. The number of amides is 1. The van der Waals surface area contributed by atoms with Gasteiger partial charge in [0.1, 0.15) is 17.8 Å². The number of hydrogen-bond acceptors (Lipinski definition) is 6. The minimum atomic E-state index is -0.211. The number of aromatic nitrogens is 2. The molecule has 2 aromatic rings. The molecule has 2 heterocycles. The SMILES string of the molecule is CC.CCCN(CC1CC1)c1cc(C(=O)Nc2ccc(CN3CCC(O)CC3)cc2C)ncn1. The van der Waals surface area contributed by atoms with E-state index in [4.69, 9.17) is 0 Å². The predicted molar refractivity (Wildman–Crippen MR) is 138 cm³/mol. The molecule has 0 atom stereocenters. The van der Waals surface area contributed by atoms with Gasteiger partial charge in [-0.1, -0.05) is 32.9 Å². The molecule has 2 aliphatic rings. The number of nitrogens with one attached hydrogen (secondary N) is 1. The highest BCUT2D eigenvalue weighted by Crippen LogP contribution is 2.31.